The van der Waals surface area contributed by atoms with Crippen LogP contribution >= 0.6 is 19.8 Å². The van der Waals surface area contributed by atoms with E-state index in [1.54, 1.807) is 0 Å². The van der Waals surface area contributed by atoms with Gasteiger partial charge in [-0.3, -0.25) is 0 Å². The van der Waals surface area contributed by atoms with E-state index in [2.05, 4.69) is 0 Å². The van der Waals surface area contributed by atoms with Crippen LogP contribution in [0, 0.1) is 3.57 Å². The molecule has 0 unspecified atom stereocenters. The molecule has 3 N–H and O–H groups in total. The van der Waals surface area contributed by atoms with E-state index in [4.69, 9.17) is 15.0 Å². The van der Waals surface area contributed by atoms with Crippen LogP contribution in [0.2, 0.25) is 0 Å². The summed E-state index contributed by atoms with van der Waals surface area (Å²) in [4.78, 5) is -0.483. The molecule has 0 radical (unpaired) electrons. The van der Waals surface area contributed by atoms with E-state index in [0.29, 0.717) is 0 Å². The molecule has 7 nitrogen and oxygen atoms in total. The van der Waals surface area contributed by atoms with Gasteiger partial charge in [-0.15, -0.1) is 0 Å². The average molecular weight is 375 g/mol. The normalized spacial score (nSPS) is 11.7. The highest BCUT2D eigenvalue weighted by molar-refractivity contribution is 14.2. The number of primary sulfonamides is 1. The smallest absolute Gasteiger partial charge is 0.342 e. The molecule has 96 valence electrons. The fraction of sp³-hybridized carbons (Fsp3) is 0.250. The summed E-state index contributed by atoms with van der Waals surface area (Å²) in [6, 6.07) is 3.46. The van der Waals surface area contributed by atoms with Crippen molar-refractivity contribution in [2.24, 2.45) is 5.14 Å². The average Bonchev–Trinajstić information content (AvgIpc) is 2.24. The zero-order chi connectivity index (χ0) is 13.1. The first kappa shape index (κ1) is 14.3. The van der Waals surface area contributed by atoms with Crippen molar-refractivity contribution in [2.75, 3.05) is 13.2 Å². The van der Waals surface area contributed by atoms with Crippen LogP contribution in [-0.2, 0) is 16.2 Å². The lowest BCUT2D eigenvalue weighted by molar-refractivity contribution is 0.201. The zero-order valence-corrected chi connectivity index (χ0v) is 11.5. The minimum Gasteiger partial charge on any atom is -0.491 e. The molecule has 0 heterocycles. The highest BCUT2D eigenvalue weighted by Crippen LogP contribution is 2.28. The van der Waals surface area contributed by atoms with E-state index in [9.17, 15) is 14.6 Å². The van der Waals surface area contributed by atoms with Crippen LogP contribution in [0.25, 0.3) is 0 Å². The molecule has 0 bridgehead atoms. The van der Waals surface area contributed by atoms with Crippen molar-refractivity contribution in [3.63, 3.8) is 0 Å². The molecular formula is C8H10INO6S. The summed E-state index contributed by atoms with van der Waals surface area (Å²) in [6.07, 6.45) is 0. The molecule has 1 aromatic rings. The largest absolute Gasteiger partial charge is 0.491 e. The Morgan fingerprint density at radius 1 is 1.35 bits per heavy atom. The Bertz CT molecular complexity index is 572. The summed E-state index contributed by atoms with van der Waals surface area (Å²) in [7, 11) is -4.13. The lowest BCUT2D eigenvalue weighted by atomic mass is 10.3. The summed E-state index contributed by atoms with van der Waals surface area (Å²) in [6.45, 7) is -0.269. The van der Waals surface area contributed by atoms with Gasteiger partial charge in [-0.1, -0.05) is 0 Å². The molecule has 17 heavy (non-hydrogen) atoms. The van der Waals surface area contributed by atoms with Gasteiger partial charge in [-0.2, -0.15) is 0 Å². The third-order valence-corrected chi connectivity index (χ3v) is 4.94. The van der Waals surface area contributed by atoms with Crippen LogP contribution < -0.4 is 9.88 Å². The third kappa shape index (κ3) is 3.87. The Balaban J connectivity index is 3.30. The van der Waals surface area contributed by atoms with Crippen LogP contribution in [0.4, 0.5) is 0 Å². The zero-order valence-electron chi connectivity index (χ0n) is 8.50. The maximum atomic E-state index is 11.2. The van der Waals surface area contributed by atoms with E-state index in [-0.39, 0.29) is 22.5 Å². The number of hydrogen-bond donors (Lipinski definition) is 2. The van der Waals surface area contributed by atoms with Crippen molar-refractivity contribution in [3.8, 4) is 5.75 Å². The van der Waals surface area contributed by atoms with Gasteiger partial charge in [0, 0.05) is 6.07 Å². The van der Waals surface area contributed by atoms with Gasteiger partial charge in [0.2, 0.25) is 10.0 Å². The quantitative estimate of drug-likeness (QED) is 0.702. The van der Waals surface area contributed by atoms with Crippen molar-refractivity contribution in [1.29, 1.82) is 0 Å². The molecule has 1 aromatic carbocycles. The Labute approximate surface area is 105 Å². The van der Waals surface area contributed by atoms with Crippen LogP contribution in [0.3, 0.4) is 0 Å². The summed E-state index contributed by atoms with van der Waals surface area (Å²) < 4.78 is 48.9. The van der Waals surface area contributed by atoms with E-state index in [1.165, 1.54) is 6.07 Å². The molecule has 0 fully saturated rings. The minimum absolute atomic E-state index is 0.0273. The highest BCUT2D eigenvalue weighted by Gasteiger charge is 2.18. The molecule has 0 saturated heterocycles. The molecule has 0 aliphatic heterocycles. The van der Waals surface area contributed by atoms with Crippen molar-refractivity contribution < 1.29 is 24.4 Å². The second kappa shape index (κ2) is 5.71. The fourth-order valence-electron chi connectivity index (χ4n) is 1.08. The second-order valence-electron chi connectivity index (χ2n) is 2.93. The van der Waals surface area contributed by atoms with Gasteiger partial charge in [0.25, 0.3) is 0 Å². The molecule has 0 aliphatic carbocycles. The van der Waals surface area contributed by atoms with E-state index in [0.717, 1.165) is 12.1 Å². The Morgan fingerprint density at radius 2 is 2.00 bits per heavy atom. The van der Waals surface area contributed by atoms with E-state index >= 15 is 0 Å². The predicted molar refractivity (Wildman–Crippen MR) is 64.5 cm³/mol. The van der Waals surface area contributed by atoms with Crippen LogP contribution in [0.15, 0.2) is 23.1 Å². The SMILES string of the molecule is NS(=O)(=O)c1cc(OCCO)ccc1I(=O)=O. The second-order valence-corrected chi connectivity index (χ2v) is 6.86. The standard InChI is InChI=1S/C8H10INO6S/c10-17(14,15)8-5-6(16-4-3-11)1-2-7(8)9(12)13/h1-2,5,11H,3-4H2,(H2,10,14,15). The van der Waals surface area contributed by atoms with Gasteiger partial charge < -0.3 is 9.84 Å². The monoisotopic (exact) mass is 375 g/mol. The molecule has 0 amide bonds. The number of nitrogens with two attached hydrogens (primary N) is 1. The maximum absolute atomic E-state index is 11.2. The van der Waals surface area contributed by atoms with Gasteiger partial charge in [0.15, 0.2) is 0 Å². The lowest BCUT2D eigenvalue weighted by Crippen LogP contribution is -2.14. The maximum Gasteiger partial charge on any atom is 0.342 e. The van der Waals surface area contributed by atoms with E-state index in [1.807, 2.05) is 0 Å². The molecule has 0 spiro atoms. The number of rotatable bonds is 5. The summed E-state index contributed by atoms with van der Waals surface area (Å²) in [5.41, 5.74) is 0. The molecule has 0 aromatic heterocycles. The van der Waals surface area contributed by atoms with E-state index < -0.39 is 34.7 Å². The van der Waals surface area contributed by atoms with Gasteiger partial charge >= 0.3 is 19.8 Å². The number of aliphatic hydroxyl groups is 1. The fourth-order valence-corrected chi connectivity index (χ4v) is 4.11. The Hall–Kier alpha value is -0.780. The molecule has 9 heteroatoms. The van der Waals surface area contributed by atoms with Gasteiger partial charge in [-0.05, 0) is 12.1 Å². The van der Waals surface area contributed by atoms with Crippen LogP contribution in [-0.4, -0.2) is 26.7 Å². The van der Waals surface area contributed by atoms with Crippen LogP contribution in [0.5, 0.6) is 5.75 Å². The van der Waals surface area contributed by atoms with Crippen molar-refractivity contribution in [1.82, 2.24) is 0 Å². The molecular weight excluding hydrogens is 365 g/mol. The number of hydrogen-bond acceptors (Lipinski definition) is 6. The van der Waals surface area contributed by atoms with Crippen molar-refractivity contribution in [3.05, 3.63) is 21.8 Å². The molecule has 1 rings (SSSR count). The molecule has 0 atom stereocenters. The number of sulfonamides is 1. The molecule has 0 saturated carbocycles. The molecule has 0 aliphatic rings. The number of halogens is 1. The van der Waals surface area contributed by atoms with Crippen molar-refractivity contribution >= 4 is 29.8 Å². The third-order valence-electron chi connectivity index (χ3n) is 1.74. The first-order valence-electron chi connectivity index (χ1n) is 4.32. The number of benzene rings is 1. The predicted octanol–water partition coefficient (Wildman–Crippen LogP) is 0.0721. The van der Waals surface area contributed by atoms with Gasteiger partial charge in [0.1, 0.15) is 17.3 Å². The Morgan fingerprint density at radius 3 is 2.47 bits per heavy atom. The summed E-state index contributed by atoms with van der Waals surface area (Å²) >= 11 is -3.95. The summed E-state index contributed by atoms with van der Waals surface area (Å²) in [5, 5.41) is 13.4. The topological polar surface area (TPSA) is 124 Å². The number of ether oxygens (including phenoxy) is 1. The number of aliphatic hydroxyl groups excluding tert-OH is 1. The Kier molecular flexibility index (Phi) is 4.80. The first-order valence-corrected chi connectivity index (χ1v) is 8.70. The summed E-state index contributed by atoms with van der Waals surface area (Å²) in [5.74, 6) is 0.129. The van der Waals surface area contributed by atoms with Crippen molar-refractivity contribution in [2.45, 2.75) is 4.90 Å². The minimum atomic E-state index is -4.13. The first-order chi connectivity index (χ1) is 7.86. The van der Waals surface area contributed by atoms with Crippen LogP contribution in [0.1, 0.15) is 0 Å². The highest BCUT2D eigenvalue weighted by atomic mass is 127. The van der Waals surface area contributed by atoms with Gasteiger partial charge in [0.05, 0.1) is 10.2 Å². The lowest BCUT2D eigenvalue weighted by Gasteiger charge is -2.06. The van der Waals surface area contributed by atoms with Gasteiger partial charge in [-0.25, -0.2) is 19.7 Å².